The molecular weight excluding hydrogens is 472 g/mol. The van der Waals surface area contributed by atoms with Crippen LogP contribution < -0.4 is 5.32 Å². The molecule has 0 heterocycles. The zero-order valence-electron chi connectivity index (χ0n) is 21.7. The van der Waals surface area contributed by atoms with Crippen LogP contribution in [0.1, 0.15) is 64.7 Å². The van der Waals surface area contributed by atoms with Gasteiger partial charge in [0.1, 0.15) is 18.2 Å². The third-order valence-corrected chi connectivity index (χ3v) is 5.03. The number of amides is 1. The molecule has 0 aliphatic heterocycles. The van der Waals surface area contributed by atoms with Gasteiger partial charge in [0.05, 0.1) is 52.9 Å². The number of carbonyl (C=O) groups is 3. The van der Waals surface area contributed by atoms with Crippen LogP contribution >= 0.6 is 0 Å². The minimum absolute atomic E-state index is 0.126. The molecule has 1 unspecified atom stereocenters. The quantitative estimate of drug-likeness (QED) is 0.0568. The van der Waals surface area contributed by atoms with Gasteiger partial charge >= 0.3 is 6.09 Å². The lowest BCUT2D eigenvalue weighted by atomic mass is 10.0. The van der Waals surface area contributed by atoms with Crippen molar-refractivity contribution in [2.45, 2.75) is 70.8 Å². The summed E-state index contributed by atoms with van der Waals surface area (Å²) in [7, 11) is 0. The number of carbonyl (C=O) groups excluding carboxylic acids is 3. The number of ketones is 1. The van der Waals surface area contributed by atoms with Crippen LogP contribution in [-0.2, 0) is 33.3 Å². The van der Waals surface area contributed by atoms with E-state index in [0.717, 1.165) is 44.8 Å². The van der Waals surface area contributed by atoms with Crippen LogP contribution in [0.2, 0.25) is 0 Å². The maximum atomic E-state index is 11.9. The van der Waals surface area contributed by atoms with Gasteiger partial charge in [-0.05, 0) is 31.2 Å². The zero-order valence-corrected chi connectivity index (χ0v) is 21.7. The normalized spacial score (nSPS) is 11.5. The average Bonchev–Trinajstić information content (AvgIpc) is 2.87. The molecule has 208 valence electrons. The number of nitrogens with zero attached hydrogens (tertiary/aromatic N) is 3. The van der Waals surface area contributed by atoms with Crippen molar-refractivity contribution in [2.75, 3.05) is 65.9 Å². The van der Waals surface area contributed by atoms with Crippen molar-refractivity contribution in [1.82, 2.24) is 5.32 Å². The Hall–Kier alpha value is -2.24. The molecule has 12 nitrogen and oxygen atoms in total. The second-order valence-corrected chi connectivity index (χ2v) is 7.96. The van der Waals surface area contributed by atoms with Gasteiger partial charge in [0.15, 0.2) is 0 Å². The van der Waals surface area contributed by atoms with E-state index in [0.29, 0.717) is 78.8 Å². The highest BCUT2D eigenvalue weighted by atomic mass is 16.6. The summed E-state index contributed by atoms with van der Waals surface area (Å²) in [5, 5.41) is 5.91. The summed E-state index contributed by atoms with van der Waals surface area (Å²) in [6, 6.07) is 0. The Morgan fingerprint density at radius 1 is 0.889 bits per heavy atom. The second-order valence-electron chi connectivity index (χ2n) is 7.96. The Labute approximate surface area is 214 Å². The van der Waals surface area contributed by atoms with E-state index in [9.17, 15) is 14.4 Å². The molecule has 0 bridgehead atoms. The molecule has 0 rings (SSSR count). The number of rotatable bonds is 27. The molecule has 0 aliphatic carbocycles. The summed E-state index contributed by atoms with van der Waals surface area (Å²) in [5.41, 5.74) is 8.12. The number of alkyl carbamates (subject to hydrolysis) is 1. The van der Waals surface area contributed by atoms with Crippen molar-refractivity contribution in [2.24, 2.45) is 5.11 Å². The Balaban J connectivity index is 3.41. The maximum absolute atomic E-state index is 11.9. The van der Waals surface area contributed by atoms with Crippen molar-refractivity contribution in [3.8, 4) is 0 Å². The summed E-state index contributed by atoms with van der Waals surface area (Å²) in [4.78, 5) is 36.5. The fraction of sp³-hybridized carbons (Fsp3) is 0.875. The van der Waals surface area contributed by atoms with E-state index in [4.69, 9.17) is 29.2 Å². The molecule has 0 spiro atoms. The Bertz CT molecular complexity index is 603. The van der Waals surface area contributed by atoms with Crippen LogP contribution in [0.3, 0.4) is 0 Å². The van der Waals surface area contributed by atoms with E-state index >= 15 is 0 Å². The Morgan fingerprint density at radius 3 is 2.11 bits per heavy atom. The molecule has 0 saturated carbocycles. The van der Waals surface area contributed by atoms with Gasteiger partial charge in [-0.3, -0.25) is 4.79 Å². The zero-order chi connectivity index (χ0) is 26.5. The van der Waals surface area contributed by atoms with Gasteiger partial charge in [-0.2, -0.15) is 0 Å². The molecule has 0 aromatic rings. The molecule has 0 radical (unpaired) electrons. The van der Waals surface area contributed by atoms with Gasteiger partial charge < -0.3 is 33.8 Å². The number of hydrogen-bond donors (Lipinski definition) is 1. The van der Waals surface area contributed by atoms with Gasteiger partial charge in [-0.1, -0.05) is 24.9 Å². The molecule has 1 N–H and O–H groups in total. The fourth-order valence-corrected chi connectivity index (χ4v) is 3.04. The minimum atomic E-state index is -0.476. The number of Topliss-reactive ketones (excluding diaryl/α,β-unsaturated/α-hetero) is 1. The van der Waals surface area contributed by atoms with Crippen molar-refractivity contribution >= 4 is 18.2 Å². The number of nitrogens with one attached hydrogen (secondary N) is 1. The maximum Gasteiger partial charge on any atom is 0.407 e. The Kier molecular flexibility index (Phi) is 25.6. The van der Waals surface area contributed by atoms with Crippen LogP contribution in [0, 0.1) is 0 Å². The fourth-order valence-electron chi connectivity index (χ4n) is 3.04. The average molecular weight is 517 g/mol. The highest BCUT2D eigenvalue weighted by Gasteiger charge is 2.11. The number of ether oxygens (including phenoxy) is 5. The van der Waals surface area contributed by atoms with Crippen LogP contribution in [0.4, 0.5) is 4.79 Å². The molecule has 0 saturated heterocycles. The predicted octanol–water partition coefficient (Wildman–Crippen LogP) is 3.76. The molecule has 12 heteroatoms. The molecule has 1 amide bonds. The van der Waals surface area contributed by atoms with Crippen molar-refractivity contribution in [3.63, 3.8) is 0 Å². The van der Waals surface area contributed by atoms with Crippen LogP contribution in [0.25, 0.3) is 10.4 Å². The largest absolute Gasteiger partial charge is 0.446 e. The summed E-state index contributed by atoms with van der Waals surface area (Å²) >= 11 is 0. The lowest BCUT2D eigenvalue weighted by Gasteiger charge is -2.16. The SMILES string of the molecule is CCC(CCCCCCC(=O)CCOCCOCCOCCOCCN=[N+]=[N-])OC(=O)NCCC=O. The minimum Gasteiger partial charge on any atom is -0.446 e. The molecule has 1 atom stereocenters. The van der Waals surface area contributed by atoms with Crippen LogP contribution in [-0.4, -0.2) is 90.2 Å². The smallest absolute Gasteiger partial charge is 0.407 e. The lowest BCUT2D eigenvalue weighted by molar-refractivity contribution is -0.120. The first kappa shape index (κ1) is 33.8. The monoisotopic (exact) mass is 516 g/mol. The van der Waals surface area contributed by atoms with E-state index in [1.807, 2.05) is 6.92 Å². The first-order valence-corrected chi connectivity index (χ1v) is 12.9. The summed E-state index contributed by atoms with van der Waals surface area (Å²) in [5.74, 6) is 0.202. The highest BCUT2D eigenvalue weighted by Crippen LogP contribution is 2.12. The Morgan fingerprint density at radius 2 is 1.50 bits per heavy atom. The molecule has 36 heavy (non-hydrogen) atoms. The van der Waals surface area contributed by atoms with E-state index in [2.05, 4.69) is 15.3 Å². The number of hydrogen-bond acceptors (Lipinski definition) is 9. The van der Waals surface area contributed by atoms with Gasteiger partial charge in [-0.25, -0.2) is 4.79 Å². The summed E-state index contributed by atoms with van der Waals surface area (Å²) in [6.07, 6.45) is 6.68. The van der Waals surface area contributed by atoms with E-state index in [1.165, 1.54) is 0 Å². The first-order valence-electron chi connectivity index (χ1n) is 12.9. The van der Waals surface area contributed by atoms with E-state index in [-0.39, 0.29) is 18.3 Å². The van der Waals surface area contributed by atoms with Gasteiger partial charge in [0.2, 0.25) is 0 Å². The summed E-state index contributed by atoms with van der Waals surface area (Å²) < 4.78 is 26.7. The molecule has 0 fully saturated rings. The third-order valence-electron chi connectivity index (χ3n) is 5.03. The molecule has 0 aliphatic rings. The van der Waals surface area contributed by atoms with Crippen LogP contribution in [0.15, 0.2) is 5.11 Å². The molecular formula is C24H44N4O8. The number of azide groups is 1. The topological polar surface area (TPSA) is 158 Å². The molecule has 0 aromatic heterocycles. The molecule has 0 aromatic carbocycles. The summed E-state index contributed by atoms with van der Waals surface area (Å²) in [6.45, 7) is 6.06. The van der Waals surface area contributed by atoms with Crippen molar-refractivity contribution in [3.05, 3.63) is 10.4 Å². The van der Waals surface area contributed by atoms with Gasteiger partial charge in [-0.15, -0.1) is 0 Å². The number of unbranched alkanes of at least 4 members (excludes halogenated alkanes) is 3. The second kappa shape index (κ2) is 27.3. The van der Waals surface area contributed by atoms with E-state index < -0.39 is 6.09 Å². The van der Waals surface area contributed by atoms with Gasteiger partial charge in [0.25, 0.3) is 0 Å². The standard InChI is InChI=1S/C24H44N4O8/c1-2-23(36-24(31)26-11-7-13-29)9-6-4-3-5-8-22(30)10-14-32-16-18-34-20-21-35-19-17-33-15-12-27-28-25/h13,23H,2-12,14-21H2,1H3,(H,26,31). The lowest BCUT2D eigenvalue weighted by Crippen LogP contribution is -2.29. The first-order chi connectivity index (χ1) is 17.6. The van der Waals surface area contributed by atoms with Gasteiger partial charge in [0, 0.05) is 37.3 Å². The van der Waals surface area contributed by atoms with Crippen molar-refractivity contribution in [1.29, 1.82) is 0 Å². The third kappa shape index (κ3) is 24.9. The number of aldehydes is 1. The van der Waals surface area contributed by atoms with Crippen LogP contribution in [0.5, 0.6) is 0 Å². The van der Waals surface area contributed by atoms with E-state index in [1.54, 1.807) is 0 Å². The van der Waals surface area contributed by atoms with Crippen molar-refractivity contribution < 1.29 is 38.1 Å². The predicted molar refractivity (Wildman–Crippen MR) is 134 cm³/mol. The highest BCUT2D eigenvalue weighted by molar-refractivity contribution is 5.78.